The van der Waals surface area contributed by atoms with E-state index in [-0.39, 0.29) is 5.91 Å². The average molecular weight is 281 g/mol. The Bertz CT molecular complexity index is 686. The summed E-state index contributed by atoms with van der Waals surface area (Å²) in [4.78, 5) is 15.9. The molecule has 3 aromatic rings. The Kier molecular flexibility index (Phi) is 3.77. The lowest BCUT2D eigenvalue weighted by molar-refractivity contribution is -0.116. The Hall–Kier alpha value is -2.89. The first kappa shape index (κ1) is 13.1. The zero-order chi connectivity index (χ0) is 14.5. The molecule has 0 spiro atoms. The predicted octanol–water partition coefficient (Wildman–Crippen LogP) is 2.10. The third-order valence-corrected chi connectivity index (χ3v) is 3.08. The van der Waals surface area contributed by atoms with Gasteiger partial charge < -0.3 is 9.88 Å². The molecule has 1 amide bonds. The van der Waals surface area contributed by atoms with E-state index in [2.05, 4.69) is 15.4 Å². The van der Waals surface area contributed by atoms with Crippen LogP contribution in [-0.4, -0.2) is 25.2 Å². The van der Waals surface area contributed by atoms with Gasteiger partial charge in [0.1, 0.15) is 0 Å². The van der Waals surface area contributed by atoms with Gasteiger partial charge >= 0.3 is 0 Å². The van der Waals surface area contributed by atoms with Gasteiger partial charge in [-0.3, -0.25) is 9.48 Å². The van der Waals surface area contributed by atoms with Gasteiger partial charge in [0.2, 0.25) is 5.91 Å². The van der Waals surface area contributed by atoms with Crippen molar-refractivity contribution in [3.05, 3.63) is 61.4 Å². The van der Waals surface area contributed by atoms with Gasteiger partial charge in [-0.05, 0) is 30.3 Å². The summed E-state index contributed by atoms with van der Waals surface area (Å²) < 4.78 is 3.64. The standard InChI is InChI=1S/C15H15N5O/c21-15(6-10-20-9-1-7-17-20)18-13-2-4-14(5-3-13)19-11-8-16-12-19/h1-5,7-9,11-12H,6,10H2,(H,18,21). The maximum Gasteiger partial charge on any atom is 0.226 e. The molecular weight excluding hydrogens is 266 g/mol. The second kappa shape index (κ2) is 6.04. The first-order valence-corrected chi connectivity index (χ1v) is 6.67. The summed E-state index contributed by atoms with van der Waals surface area (Å²) in [5.74, 6) is -0.0270. The molecule has 0 aliphatic heterocycles. The number of hydrogen-bond acceptors (Lipinski definition) is 3. The molecule has 0 aliphatic rings. The zero-order valence-electron chi connectivity index (χ0n) is 11.4. The Morgan fingerprint density at radius 2 is 2.00 bits per heavy atom. The maximum absolute atomic E-state index is 11.9. The summed E-state index contributed by atoms with van der Waals surface area (Å²) in [6.07, 6.45) is 9.27. The molecule has 6 nitrogen and oxygen atoms in total. The second-order valence-corrected chi connectivity index (χ2v) is 4.58. The lowest BCUT2D eigenvalue weighted by Gasteiger charge is -2.07. The van der Waals surface area contributed by atoms with Gasteiger partial charge in [-0.25, -0.2) is 4.98 Å². The molecule has 3 rings (SSSR count). The van der Waals surface area contributed by atoms with E-state index in [1.54, 1.807) is 23.4 Å². The SMILES string of the molecule is O=C(CCn1cccn1)Nc1ccc(-n2ccnc2)cc1. The van der Waals surface area contributed by atoms with E-state index in [4.69, 9.17) is 0 Å². The first-order chi connectivity index (χ1) is 10.3. The van der Waals surface area contributed by atoms with E-state index in [1.807, 2.05) is 47.3 Å². The highest BCUT2D eigenvalue weighted by molar-refractivity contribution is 5.90. The molecule has 6 heteroatoms. The highest BCUT2D eigenvalue weighted by atomic mass is 16.1. The quantitative estimate of drug-likeness (QED) is 0.779. The molecule has 1 N–H and O–H groups in total. The summed E-state index contributed by atoms with van der Waals surface area (Å²) in [6.45, 7) is 0.575. The number of benzene rings is 1. The zero-order valence-corrected chi connectivity index (χ0v) is 11.4. The highest BCUT2D eigenvalue weighted by Gasteiger charge is 2.03. The molecule has 106 valence electrons. The fourth-order valence-corrected chi connectivity index (χ4v) is 2.00. The Balaban J connectivity index is 1.56. The van der Waals surface area contributed by atoms with Crippen LogP contribution in [-0.2, 0) is 11.3 Å². The van der Waals surface area contributed by atoms with Crippen LogP contribution in [0.25, 0.3) is 5.69 Å². The fourth-order valence-electron chi connectivity index (χ4n) is 2.00. The van der Waals surface area contributed by atoms with Crippen LogP contribution in [0.15, 0.2) is 61.4 Å². The summed E-state index contributed by atoms with van der Waals surface area (Å²) >= 11 is 0. The van der Waals surface area contributed by atoms with Crippen molar-refractivity contribution in [3.8, 4) is 5.69 Å². The molecule has 0 saturated carbocycles. The molecule has 0 bridgehead atoms. The van der Waals surface area contributed by atoms with Gasteiger partial charge in [-0.15, -0.1) is 0 Å². The smallest absolute Gasteiger partial charge is 0.226 e. The minimum atomic E-state index is -0.0270. The maximum atomic E-state index is 11.9. The number of aryl methyl sites for hydroxylation is 1. The number of aromatic nitrogens is 4. The van der Waals surface area contributed by atoms with Crippen molar-refractivity contribution in [2.45, 2.75) is 13.0 Å². The largest absolute Gasteiger partial charge is 0.326 e. The number of amides is 1. The highest BCUT2D eigenvalue weighted by Crippen LogP contribution is 2.13. The van der Waals surface area contributed by atoms with Gasteiger partial charge in [-0.2, -0.15) is 5.10 Å². The van der Waals surface area contributed by atoms with Gasteiger partial charge in [0.25, 0.3) is 0 Å². The number of rotatable bonds is 5. The molecule has 2 heterocycles. The van der Waals surface area contributed by atoms with Crippen LogP contribution in [0.2, 0.25) is 0 Å². The Morgan fingerprint density at radius 1 is 1.14 bits per heavy atom. The van der Waals surface area contributed by atoms with Crippen LogP contribution >= 0.6 is 0 Å². The van der Waals surface area contributed by atoms with E-state index >= 15 is 0 Å². The number of nitrogens with one attached hydrogen (secondary N) is 1. The number of imidazole rings is 1. The van der Waals surface area contributed by atoms with Crippen LogP contribution in [0.4, 0.5) is 5.69 Å². The number of hydrogen-bond donors (Lipinski definition) is 1. The van der Waals surface area contributed by atoms with E-state index < -0.39 is 0 Å². The van der Waals surface area contributed by atoms with E-state index in [0.717, 1.165) is 11.4 Å². The number of nitrogens with zero attached hydrogens (tertiary/aromatic N) is 4. The van der Waals surface area contributed by atoms with Crippen LogP contribution in [0, 0.1) is 0 Å². The van der Waals surface area contributed by atoms with Crippen LogP contribution < -0.4 is 5.32 Å². The normalized spacial score (nSPS) is 10.5. The van der Waals surface area contributed by atoms with Gasteiger partial charge in [0.05, 0.1) is 6.33 Å². The van der Waals surface area contributed by atoms with Gasteiger partial charge in [0.15, 0.2) is 0 Å². The van der Waals surface area contributed by atoms with Crippen molar-refractivity contribution in [3.63, 3.8) is 0 Å². The minimum absolute atomic E-state index is 0.0270. The van der Waals surface area contributed by atoms with Crippen molar-refractivity contribution in [2.24, 2.45) is 0 Å². The lowest BCUT2D eigenvalue weighted by atomic mass is 10.2. The average Bonchev–Trinajstić information content (AvgIpc) is 3.19. The number of carbonyl (C=O) groups is 1. The first-order valence-electron chi connectivity index (χ1n) is 6.67. The molecular formula is C15H15N5O. The predicted molar refractivity (Wildman–Crippen MR) is 79.0 cm³/mol. The molecule has 0 fully saturated rings. The van der Waals surface area contributed by atoms with Gasteiger partial charge in [-0.1, -0.05) is 0 Å². The van der Waals surface area contributed by atoms with E-state index in [9.17, 15) is 4.79 Å². The third-order valence-electron chi connectivity index (χ3n) is 3.08. The van der Waals surface area contributed by atoms with Crippen molar-refractivity contribution in [2.75, 3.05) is 5.32 Å². The minimum Gasteiger partial charge on any atom is -0.326 e. The number of anilines is 1. The molecule has 1 aromatic carbocycles. The van der Waals surface area contributed by atoms with Crippen molar-refractivity contribution in [1.29, 1.82) is 0 Å². The molecule has 0 aliphatic carbocycles. The third kappa shape index (κ3) is 3.36. The van der Waals surface area contributed by atoms with E-state index in [0.29, 0.717) is 13.0 Å². The fraction of sp³-hybridized carbons (Fsp3) is 0.133. The summed E-state index contributed by atoms with van der Waals surface area (Å²) in [5, 5.41) is 6.94. The summed E-state index contributed by atoms with van der Waals surface area (Å²) in [7, 11) is 0. The molecule has 21 heavy (non-hydrogen) atoms. The Morgan fingerprint density at radius 3 is 2.67 bits per heavy atom. The summed E-state index contributed by atoms with van der Waals surface area (Å²) in [5.41, 5.74) is 1.78. The molecule has 0 radical (unpaired) electrons. The van der Waals surface area contributed by atoms with Crippen molar-refractivity contribution >= 4 is 11.6 Å². The van der Waals surface area contributed by atoms with Crippen molar-refractivity contribution < 1.29 is 4.79 Å². The molecule has 0 saturated heterocycles. The lowest BCUT2D eigenvalue weighted by Crippen LogP contribution is -2.14. The molecule has 2 aromatic heterocycles. The molecule has 0 unspecified atom stereocenters. The van der Waals surface area contributed by atoms with Crippen LogP contribution in [0.1, 0.15) is 6.42 Å². The van der Waals surface area contributed by atoms with Crippen molar-refractivity contribution in [1.82, 2.24) is 19.3 Å². The second-order valence-electron chi connectivity index (χ2n) is 4.58. The van der Waals surface area contributed by atoms with Gasteiger partial charge in [0, 0.05) is 49.1 Å². The Labute approximate surface area is 122 Å². The number of carbonyl (C=O) groups excluding carboxylic acids is 1. The molecule has 0 atom stereocenters. The van der Waals surface area contributed by atoms with E-state index in [1.165, 1.54) is 0 Å². The topological polar surface area (TPSA) is 64.7 Å². The monoisotopic (exact) mass is 281 g/mol. The summed E-state index contributed by atoms with van der Waals surface area (Å²) in [6, 6.07) is 9.46. The van der Waals surface area contributed by atoms with Crippen LogP contribution in [0.3, 0.4) is 0 Å². The van der Waals surface area contributed by atoms with Crippen LogP contribution in [0.5, 0.6) is 0 Å².